The molecule has 0 aliphatic carbocycles. The fourth-order valence-electron chi connectivity index (χ4n) is 4.63. The first-order chi connectivity index (χ1) is 16.6. The van der Waals surface area contributed by atoms with Crippen LogP contribution in [0.4, 0.5) is 5.69 Å². The van der Waals surface area contributed by atoms with Crippen LogP contribution in [-0.2, 0) is 14.3 Å². The number of nitrogens with zero attached hydrogens (tertiary/aromatic N) is 2. The van der Waals surface area contributed by atoms with Crippen molar-refractivity contribution in [3.8, 4) is 0 Å². The summed E-state index contributed by atoms with van der Waals surface area (Å²) in [5.41, 5.74) is 0.943. The highest BCUT2D eigenvalue weighted by molar-refractivity contribution is 5.84. The van der Waals surface area contributed by atoms with Crippen LogP contribution in [-0.4, -0.2) is 30.2 Å². The van der Waals surface area contributed by atoms with Crippen LogP contribution < -0.4 is 5.01 Å². The lowest BCUT2D eigenvalue weighted by Gasteiger charge is -2.28. The van der Waals surface area contributed by atoms with Gasteiger partial charge in [0.2, 0.25) is 5.91 Å². The molecule has 34 heavy (non-hydrogen) atoms. The van der Waals surface area contributed by atoms with Gasteiger partial charge in [-0.15, -0.1) is 0 Å². The van der Waals surface area contributed by atoms with Gasteiger partial charge in [-0.3, -0.25) is 14.6 Å². The van der Waals surface area contributed by atoms with Crippen LogP contribution in [0, 0.1) is 5.92 Å². The molecule has 5 nitrogen and oxygen atoms in total. The van der Waals surface area contributed by atoms with E-state index in [9.17, 15) is 9.59 Å². The summed E-state index contributed by atoms with van der Waals surface area (Å²) in [6.07, 6.45) is 20.0. The molecule has 1 aromatic rings. The van der Waals surface area contributed by atoms with E-state index in [0.29, 0.717) is 13.0 Å². The maximum absolute atomic E-state index is 12.5. The maximum Gasteiger partial charge on any atom is 0.307 e. The molecule has 1 unspecified atom stereocenters. The number of carbonyl (C=O) groups excluding carboxylic acids is 2. The van der Waals surface area contributed by atoms with Crippen molar-refractivity contribution in [1.82, 2.24) is 5.01 Å². The Morgan fingerprint density at radius 2 is 1.32 bits per heavy atom. The Bertz CT molecular complexity index is 679. The minimum Gasteiger partial charge on any atom is -0.442 e. The van der Waals surface area contributed by atoms with Gasteiger partial charge in [0, 0.05) is 6.42 Å². The largest absolute Gasteiger partial charge is 0.442 e. The van der Waals surface area contributed by atoms with Gasteiger partial charge in [-0.25, -0.2) is 5.01 Å². The molecule has 5 heteroatoms. The first-order valence-corrected chi connectivity index (χ1v) is 13.9. The van der Waals surface area contributed by atoms with Gasteiger partial charge in [-0.05, 0) is 18.6 Å². The number of esters is 1. The molecule has 0 N–H and O–H groups in total. The van der Waals surface area contributed by atoms with Gasteiger partial charge in [0.1, 0.15) is 0 Å². The van der Waals surface area contributed by atoms with E-state index in [1.807, 2.05) is 42.3 Å². The first-order valence-electron chi connectivity index (χ1n) is 13.9. The Hall–Kier alpha value is -2.04. The number of hydrogen-bond acceptors (Lipinski definition) is 4. The third-order valence-electron chi connectivity index (χ3n) is 6.80. The predicted octanol–water partition coefficient (Wildman–Crippen LogP) is 7.65. The Labute approximate surface area is 208 Å². The quantitative estimate of drug-likeness (QED) is 0.153. The minimum absolute atomic E-state index is 0.00336. The molecule has 1 atom stereocenters. The van der Waals surface area contributed by atoms with Gasteiger partial charge in [0.25, 0.3) is 0 Å². The van der Waals surface area contributed by atoms with Gasteiger partial charge in [-0.2, -0.15) is 0 Å². The SMILES string of the molecule is CCCCCCCCCCCCCCCCCC(=O)OCN1C(=O)C(C)CN1c1ccccc1. The molecule has 192 valence electrons. The third-order valence-corrected chi connectivity index (χ3v) is 6.80. The fraction of sp³-hybridized carbons (Fsp3) is 0.724. The van der Waals surface area contributed by atoms with E-state index in [2.05, 4.69) is 6.92 Å². The standard InChI is InChI=1S/C29H48N2O3/c1-3-4-5-6-7-8-9-10-11-12-13-14-15-16-20-23-28(32)34-25-31-29(33)26(2)24-30(31)27-21-18-17-19-22-27/h17-19,21-22,26H,3-16,20,23-25H2,1-2H3. The molecule has 0 bridgehead atoms. The van der Waals surface area contributed by atoms with Gasteiger partial charge in [0.15, 0.2) is 6.73 Å². The highest BCUT2D eigenvalue weighted by Crippen LogP contribution is 2.25. The van der Waals surface area contributed by atoms with Crippen LogP contribution in [0.2, 0.25) is 0 Å². The number of hydrogen-bond donors (Lipinski definition) is 0. The van der Waals surface area contributed by atoms with Crippen molar-refractivity contribution in [2.75, 3.05) is 18.3 Å². The molecular weight excluding hydrogens is 424 g/mol. The molecule has 1 aliphatic heterocycles. The number of anilines is 1. The van der Waals surface area contributed by atoms with Crippen molar-refractivity contribution in [3.63, 3.8) is 0 Å². The van der Waals surface area contributed by atoms with Crippen molar-refractivity contribution in [1.29, 1.82) is 0 Å². The zero-order chi connectivity index (χ0) is 24.4. The number of para-hydroxylation sites is 1. The molecular formula is C29H48N2O3. The number of unbranched alkanes of at least 4 members (excludes halogenated alkanes) is 14. The number of benzene rings is 1. The third kappa shape index (κ3) is 10.9. The number of rotatable bonds is 19. The molecule has 0 radical (unpaired) electrons. The Morgan fingerprint density at radius 1 is 0.824 bits per heavy atom. The molecule has 1 aromatic carbocycles. The summed E-state index contributed by atoms with van der Waals surface area (Å²) in [4.78, 5) is 24.7. The Morgan fingerprint density at radius 3 is 1.85 bits per heavy atom. The Kier molecular flexibility index (Phi) is 14.4. The summed E-state index contributed by atoms with van der Waals surface area (Å²) in [7, 11) is 0. The van der Waals surface area contributed by atoms with Crippen LogP contribution in [0.3, 0.4) is 0 Å². The average molecular weight is 473 g/mol. The van der Waals surface area contributed by atoms with Gasteiger partial charge < -0.3 is 4.74 Å². The van der Waals surface area contributed by atoms with E-state index in [1.165, 1.54) is 83.5 Å². The van der Waals surface area contributed by atoms with E-state index in [-0.39, 0.29) is 24.5 Å². The number of amides is 1. The summed E-state index contributed by atoms with van der Waals surface area (Å²) in [5, 5.41) is 3.47. The van der Waals surface area contributed by atoms with Crippen molar-refractivity contribution in [3.05, 3.63) is 30.3 Å². The molecule has 1 heterocycles. The van der Waals surface area contributed by atoms with Crippen molar-refractivity contribution < 1.29 is 14.3 Å². The average Bonchev–Trinajstić information content (AvgIpc) is 3.14. The van der Waals surface area contributed by atoms with Crippen LogP contribution in [0.15, 0.2) is 30.3 Å². The molecule has 1 fully saturated rings. The minimum atomic E-state index is -0.213. The maximum atomic E-state index is 12.5. The second kappa shape index (κ2) is 17.4. The van der Waals surface area contributed by atoms with Crippen molar-refractivity contribution >= 4 is 17.6 Å². The summed E-state index contributed by atoms with van der Waals surface area (Å²) in [6, 6.07) is 9.78. The van der Waals surface area contributed by atoms with Crippen molar-refractivity contribution in [2.24, 2.45) is 5.92 Å². The second-order valence-corrected chi connectivity index (χ2v) is 9.90. The normalized spacial score (nSPS) is 15.8. The monoisotopic (exact) mass is 472 g/mol. The number of ether oxygens (including phenoxy) is 1. The van der Waals surface area contributed by atoms with E-state index in [4.69, 9.17) is 4.74 Å². The molecule has 2 rings (SSSR count). The lowest BCUT2D eigenvalue weighted by Crippen LogP contribution is -2.41. The van der Waals surface area contributed by atoms with Crippen LogP contribution >= 0.6 is 0 Å². The number of hydrazine groups is 1. The molecule has 1 saturated heterocycles. The summed E-state index contributed by atoms with van der Waals surface area (Å²) >= 11 is 0. The van der Waals surface area contributed by atoms with E-state index in [1.54, 1.807) is 5.01 Å². The Balaban J connectivity index is 1.45. The van der Waals surface area contributed by atoms with Crippen LogP contribution in [0.1, 0.15) is 117 Å². The topological polar surface area (TPSA) is 49.9 Å². The predicted molar refractivity (Wildman–Crippen MR) is 140 cm³/mol. The van der Waals surface area contributed by atoms with E-state index in [0.717, 1.165) is 18.5 Å². The molecule has 0 saturated carbocycles. The molecule has 0 aromatic heterocycles. The van der Waals surface area contributed by atoms with E-state index < -0.39 is 0 Å². The van der Waals surface area contributed by atoms with Crippen LogP contribution in [0.25, 0.3) is 0 Å². The highest BCUT2D eigenvalue weighted by atomic mass is 16.5. The van der Waals surface area contributed by atoms with Gasteiger partial charge in [-0.1, -0.05) is 122 Å². The van der Waals surface area contributed by atoms with Crippen molar-refractivity contribution in [2.45, 2.75) is 117 Å². The summed E-state index contributed by atoms with van der Waals surface area (Å²) in [6.45, 7) is 4.79. The van der Waals surface area contributed by atoms with Crippen LogP contribution in [0.5, 0.6) is 0 Å². The first kappa shape index (κ1) is 28.2. The molecule has 0 spiro atoms. The fourth-order valence-corrected chi connectivity index (χ4v) is 4.63. The number of carbonyl (C=O) groups is 2. The zero-order valence-corrected chi connectivity index (χ0v) is 21.8. The lowest BCUT2D eigenvalue weighted by molar-refractivity contribution is -0.152. The highest BCUT2D eigenvalue weighted by Gasteiger charge is 2.36. The molecule has 1 aliphatic rings. The van der Waals surface area contributed by atoms with Gasteiger partial charge >= 0.3 is 5.97 Å². The summed E-state index contributed by atoms with van der Waals surface area (Å²) in [5.74, 6) is -0.312. The smallest absolute Gasteiger partial charge is 0.307 e. The summed E-state index contributed by atoms with van der Waals surface area (Å²) < 4.78 is 5.44. The van der Waals surface area contributed by atoms with Gasteiger partial charge in [0.05, 0.1) is 18.2 Å². The zero-order valence-electron chi connectivity index (χ0n) is 21.8. The second-order valence-electron chi connectivity index (χ2n) is 9.90. The molecule has 1 amide bonds. The lowest BCUT2D eigenvalue weighted by atomic mass is 10.0. The van der Waals surface area contributed by atoms with E-state index >= 15 is 0 Å².